The normalized spacial score (nSPS) is 12.6. The maximum Gasteiger partial charge on any atom is 0.253 e. The van der Waals surface area contributed by atoms with E-state index in [1.54, 1.807) is 18.2 Å². The van der Waals surface area contributed by atoms with Gasteiger partial charge in [-0.25, -0.2) is 0 Å². The molecule has 0 fully saturated rings. The van der Waals surface area contributed by atoms with Gasteiger partial charge in [0.25, 0.3) is 5.91 Å². The number of amides is 1. The van der Waals surface area contributed by atoms with Gasteiger partial charge in [-0.15, -0.1) is 0 Å². The summed E-state index contributed by atoms with van der Waals surface area (Å²) in [5.74, 6) is 0.304. The molecule has 0 saturated carbocycles. The summed E-state index contributed by atoms with van der Waals surface area (Å²) in [5, 5.41) is 3.40. The van der Waals surface area contributed by atoms with Crippen molar-refractivity contribution < 1.29 is 4.79 Å². The topological polar surface area (TPSA) is 29.1 Å². The molecule has 0 aliphatic heterocycles. The van der Waals surface area contributed by atoms with E-state index >= 15 is 0 Å². The van der Waals surface area contributed by atoms with Gasteiger partial charge in [0.1, 0.15) is 0 Å². The van der Waals surface area contributed by atoms with E-state index < -0.39 is 0 Å². The van der Waals surface area contributed by atoms with Gasteiger partial charge in [-0.3, -0.25) is 4.79 Å². The summed E-state index contributed by atoms with van der Waals surface area (Å²) < 4.78 is 0. The van der Waals surface area contributed by atoms with Crippen molar-refractivity contribution in [2.75, 3.05) is 0 Å². The first-order chi connectivity index (χ1) is 7.02. The number of carbonyl (C=O) groups excluding carboxylic acids is 1. The summed E-state index contributed by atoms with van der Waals surface area (Å²) in [6.45, 7) is 6.12. The van der Waals surface area contributed by atoms with Gasteiger partial charge in [-0.05, 0) is 25.0 Å². The highest BCUT2D eigenvalue weighted by Gasteiger charge is 2.14. The molecule has 3 heteroatoms. The van der Waals surface area contributed by atoms with Crippen molar-refractivity contribution in [3.63, 3.8) is 0 Å². The number of hydrogen-bond donors (Lipinski definition) is 1. The van der Waals surface area contributed by atoms with Crippen LogP contribution in [0.3, 0.4) is 0 Å². The fraction of sp³-hybridized carbons (Fsp3) is 0.417. The van der Waals surface area contributed by atoms with Crippen molar-refractivity contribution in [1.82, 2.24) is 5.32 Å². The zero-order valence-corrected chi connectivity index (χ0v) is 10.0. The van der Waals surface area contributed by atoms with Crippen LogP contribution >= 0.6 is 11.6 Å². The van der Waals surface area contributed by atoms with Gasteiger partial charge in [0.05, 0.1) is 10.6 Å². The minimum absolute atomic E-state index is 0.109. The highest BCUT2D eigenvalue weighted by molar-refractivity contribution is 6.33. The first-order valence-electron chi connectivity index (χ1n) is 5.07. The lowest BCUT2D eigenvalue weighted by atomic mass is 10.1. The Kier molecular flexibility index (Phi) is 4.15. The van der Waals surface area contributed by atoms with Crippen LogP contribution in [0.25, 0.3) is 0 Å². The molecule has 0 aliphatic rings. The Labute approximate surface area is 95.6 Å². The lowest BCUT2D eigenvalue weighted by Gasteiger charge is -2.17. The molecule has 1 unspecified atom stereocenters. The third-order valence-corrected chi connectivity index (χ3v) is 2.81. The maximum absolute atomic E-state index is 11.8. The zero-order valence-electron chi connectivity index (χ0n) is 9.25. The van der Waals surface area contributed by atoms with E-state index in [2.05, 4.69) is 19.2 Å². The molecule has 1 aromatic rings. The monoisotopic (exact) mass is 225 g/mol. The molecule has 1 rings (SSSR count). The van der Waals surface area contributed by atoms with E-state index in [4.69, 9.17) is 11.6 Å². The minimum Gasteiger partial charge on any atom is -0.349 e. The first-order valence-corrected chi connectivity index (χ1v) is 5.45. The van der Waals surface area contributed by atoms with Crippen molar-refractivity contribution in [2.24, 2.45) is 5.92 Å². The second-order valence-corrected chi connectivity index (χ2v) is 4.39. The van der Waals surface area contributed by atoms with Gasteiger partial charge in [-0.1, -0.05) is 37.6 Å². The van der Waals surface area contributed by atoms with Crippen LogP contribution in [0.5, 0.6) is 0 Å². The van der Waals surface area contributed by atoms with Crippen LogP contribution in [0.2, 0.25) is 5.02 Å². The average Bonchev–Trinajstić information content (AvgIpc) is 2.18. The summed E-state index contributed by atoms with van der Waals surface area (Å²) in [6, 6.07) is 7.21. The van der Waals surface area contributed by atoms with Crippen LogP contribution in [-0.4, -0.2) is 11.9 Å². The number of nitrogens with one attached hydrogen (secondary N) is 1. The molecular weight excluding hydrogens is 210 g/mol. The summed E-state index contributed by atoms with van der Waals surface area (Å²) >= 11 is 5.92. The molecule has 15 heavy (non-hydrogen) atoms. The highest BCUT2D eigenvalue weighted by atomic mass is 35.5. The Balaban J connectivity index is 2.74. The molecule has 2 nitrogen and oxygen atoms in total. The number of halogens is 1. The van der Waals surface area contributed by atoms with E-state index in [0.717, 1.165) is 0 Å². The molecule has 1 atom stereocenters. The Morgan fingerprint density at radius 2 is 1.87 bits per heavy atom. The van der Waals surface area contributed by atoms with Crippen molar-refractivity contribution in [3.8, 4) is 0 Å². The van der Waals surface area contributed by atoms with Gasteiger partial charge >= 0.3 is 0 Å². The second-order valence-electron chi connectivity index (χ2n) is 3.99. The predicted octanol–water partition coefficient (Wildman–Crippen LogP) is 3.11. The van der Waals surface area contributed by atoms with Gasteiger partial charge in [0.15, 0.2) is 0 Å². The smallest absolute Gasteiger partial charge is 0.253 e. The zero-order chi connectivity index (χ0) is 11.4. The van der Waals surface area contributed by atoms with E-state index in [9.17, 15) is 4.79 Å². The molecule has 0 aliphatic carbocycles. The average molecular weight is 226 g/mol. The maximum atomic E-state index is 11.8. The molecule has 0 heterocycles. The van der Waals surface area contributed by atoms with E-state index in [1.807, 2.05) is 13.0 Å². The molecule has 1 amide bonds. The summed E-state index contributed by atoms with van der Waals surface area (Å²) in [7, 11) is 0. The predicted molar refractivity (Wildman–Crippen MR) is 63.2 cm³/mol. The van der Waals surface area contributed by atoms with E-state index in [1.165, 1.54) is 0 Å². The minimum atomic E-state index is -0.109. The molecule has 0 spiro atoms. The van der Waals surface area contributed by atoms with Crippen molar-refractivity contribution in [2.45, 2.75) is 26.8 Å². The van der Waals surface area contributed by atoms with Crippen LogP contribution < -0.4 is 5.32 Å². The molecule has 0 saturated heterocycles. The Hall–Kier alpha value is -1.02. The second kappa shape index (κ2) is 5.17. The Bertz CT molecular complexity index is 349. The molecule has 1 aromatic carbocycles. The van der Waals surface area contributed by atoms with E-state index in [-0.39, 0.29) is 11.9 Å². The molecule has 0 bridgehead atoms. The van der Waals surface area contributed by atoms with Crippen LogP contribution in [0.15, 0.2) is 24.3 Å². The Morgan fingerprint density at radius 1 is 1.27 bits per heavy atom. The van der Waals surface area contributed by atoms with Crippen molar-refractivity contribution in [1.29, 1.82) is 0 Å². The fourth-order valence-corrected chi connectivity index (χ4v) is 1.32. The van der Waals surface area contributed by atoms with Gasteiger partial charge in [0, 0.05) is 6.04 Å². The van der Waals surface area contributed by atoms with Crippen molar-refractivity contribution in [3.05, 3.63) is 34.9 Å². The summed E-state index contributed by atoms with van der Waals surface area (Å²) in [4.78, 5) is 11.8. The third-order valence-electron chi connectivity index (χ3n) is 2.48. The number of hydrogen-bond acceptors (Lipinski definition) is 1. The fourth-order valence-electron chi connectivity index (χ4n) is 1.10. The summed E-state index contributed by atoms with van der Waals surface area (Å²) in [5.41, 5.74) is 0.534. The lowest BCUT2D eigenvalue weighted by Crippen LogP contribution is -2.36. The molecule has 0 aromatic heterocycles. The van der Waals surface area contributed by atoms with Gasteiger partial charge in [0.2, 0.25) is 0 Å². The lowest BCUT2D eigenvalue weighted by molar-refractivity contribution is 0.0930. The van der Waals surface area contributed by atoms with Crippen LogP contribution in [0.4, 0.5) is 0 Å². The number of benzene rings is 1. The van der Waals surface area contributed by atoms with E-state index in [0.29, 0.717) is 16.5 Å². The number of carbonyl (C=O) groups is 1. The van der Waals surface area contributed by atoms with Crippen LogP contribution in [0, 0.1) is 5.92 Å². The highest BCUT2D eigenvalue weighted by Crippen LogP contribution is 2.15. The van der Waals surface area contributed by atoms with Gasteiger partial charge in [-0.2, -0.15) is 0 Å². The molecule has 82 valence electrons. The Morgan fingerprint density at radius 3 is 2.40 bits per heavy atom. The van der Waals surface area contributed by atoms with Gasteiger partial charge < -0.3 is 5.32 Å². The standard InChI is InChI=1S/C12H16ClNO/c1-8(2)9(3)14-12(15)10-6-4-5-7-11(10)13/h4-9H,1-3H3,(H,14,15). The van der Waals surface area contributed by atoms with Crippen molar-refractivity contribution >= 4 is 17.5 Å². The largest absolute Gasteiger partial charge is 0.349 e. The van der Waals surface area contributed by atoms with Crippen LogP contribution in [-0.2, 0) is 0 Å². The molecule has 1 N–H and O–H groups in total. The third kappa shape index (κ3) is 3.24. The SMILES string of the molecule is CC(C)C(C)NC(=O)c1ccccc1Cl. The molecular formula is C12H16ClNO. The number of rotatable bonds is 3. The molecule has 0 radical (unpaired) electrons. The first kappa shape index (κ1) is 12.1. The summed E-state index contributed by atoms with van der Waals surface area (Å²) in [6.07, 6.45) is 0. The van der Waals surface area contributed by atoms with Crippen LogP contribution in [0.1, 0.15) is 31.1 Å². The quantitative estimate of drug-likeness (QED) is 0.842.